The molecule has 0 aliphatic carbocycles. The molecule has 0 aliphatic rings. The van der Waals surface area contributed by atoms with Crippen LogP contribution in [-0.4, -0.2) is 65.8 Å². The van der Waals surface area contributed by atoms with Crippen LogP contribution < -0.4 is 27.4 Å². The molecule has 0 aromatic carbocycles. The molecule has 0 spiro atoms. The van der Waals surface area contributed by atoms with Crippen molar-refractivity contribution >= 4 is 36.3 Å². The second kappa shape index (κ2) is 13.3. The molecule has 0 rings (SSSR count). The van der Waals surface area contributed by atoms with Crippen LogP contribution in [0.2, 0.25) is 0 Å². The number of rotatable bonds is 13. The lowest BCUT2D eigenvalue weighted by Crippen LogP contribution is -2.57. The Hall–Kier alpha value is -1.85. The zero-order chi connectivity index (χ0) is 21.0. The number of nitrogens with two attached hydrogens (primary N) is 2. The summed E-state index contributed by atoms with van der Waals surface area (Å²) in [6.07, 6.45) is 1.89. The summed E-state index contributed by atoms with van der Waals surface area (Å²) in [6.45, 7) is 3.36. The maximum atomic E-state index is 12.4. The minimum atomic E-state index is -1.19. The van der Waals surface area contributed by atoms with Gasteiger partial charge in [0.25, 0.3) is 0 Å². The van der Waals surface area contributed by atoms with Gasteiger partial charge in [-0.15, -0.1) is 0 Å². The van der Waals surface area contributed by atoms with Crippen LogP contribution in [0.25, 0.3) is 0 Å². The zero-order valence-corrected chi connectivity index (χ0v) is 16.6. The summed E-state index contributed by atoms with van der Waals surface area (Å²) in [5, 5.41) is 15.9. The van der Waals surface area contributed by atoms with Crippen molar-refractivity contribution in [3.05, 3.63) is 0 Å². The lowest BCUT2D eigenvalue weighted by Gasteiger charge is -2.25. The highest BCUT2D eigenvalue weighted by Crippen LogP contribution is 2.04. The summed E-state index contributed by atoms with van der Waals surface area (Å²) >= 11 is 4.07. The number of amides is 3. The Morgan fingerprint density at radius 1 is 1.04 bits per heavy atom. The summed E-state index contributed by atoms with van der Waals surface area (Å²) in [4.78, 5) is 47.2. The molecule has 156 valence electrons. The van der Waals surface area contributed by atoms with Crippen molar-refractivity contribution in [3.63, 3.8) is 0 Å². The summed E-state index contributed by atoms with van der Waals surface area (Å²) in [5.74, 6) is -3.19. The fourth-order valence-corrected chi connectivity index (χ4v) is 2.43. The predicted molar refractivity (Wildman–Crippen MR) is 104 cm³/mol. The maximum Gasteiger partial charge on any atom is 0.322 e. The fraction of sp³-hybridized carbons (Fsp3) is 0.750. The third-order valence-electron chi connectivity index (χ3n) is 3.78. The molecule has 0 aromatic rings. The van der Waals surface area contributed by atoms with Gasteiger partial charge in [0.15, 0.2) is 0 Å². The summed E-state index contributed by atoms with van der Waals surface area (Å²) in [7, 11) is 0. The monoisotopic (exact) mass is 405 g/mol. The van der Waals surface area contributed by atoms with E-state index in [0.717, 1.165) is 6.42 Å². The predicted octanol–water partition coefficient (Wildman–Crippen LogP) is -1.80. The first kappa shape index (κ1) is 25.1. The molecule has 10 nitrogen and oxygen atoms in total. The minimum absolute atomic E-state index is 0.00858. The zero-order valence-electron chi connectivity index (χ0n) is 15.7. The third kappa shape index (κ3) is 10.2. The summed E-state index contributed by atoms with van der Waals surface area (Å²) in [5.41, 5.74) is 11.2. The van der Waals surface area contributed by atoms with E-state index in [1.54, 1.807) is 13.8 Å². The molecular formula is C16H31N5O5S. The van der Waals surface area contributed by atoms with Crippen LogP contribution in [0.5, 0.6) is 0 Å². The molecule has 0 radical (unpaired) electrons. The second-order valence-electron chi connectivity index (χ2n) is 6.48. The number of carbonyl (C=O) groups excluding carboxylic acids is 3. The molecule has 0 bridgehead atoms. The van der Waals surface area contributed by atoms with E-state index in [-0.39, 0.29) is 11.7 Å². The molecule has 27 heavy (non-hydrogen) atoms. The Kier molecular flexibility index (Phi) is 12.4. The van der Waals surface area contributed by atoms with Crippen molar-refractivity contribution in [3.8, 4) is 0 Å². The van der Waals surface area contributed by atoms with Crippen LogP contribution in [-0.2, 0) is 19.2 Å². The molecule has 3 amide bonds. The van der Waals surface area contributed by atoms with Gasteiger partial charge in [0.05, 0.1) is 6.04 Å². The summed E-state index contributed by atoms with van der Waals surface area (Å²) in [6, 6.07) is -2.70. The Bertz CT molecular complexity index is 517. The van der Waals surface area contributed by atoms with Gasteiger partial charge in [-0.05, 0) is 25.3 Å². The van der Waals surface area contributed by atoms with Crippen molar-refractivity contribution in [2.75, 3.05) is 18.8 Å². The Labute approximate surface area is 164 Å². The number of carboxylic acids is 1. The molecule has 0 aromatic heterocycles. The van der Waals surface area contributed by atoms with Crippen molar-refractivity contribution in [1.29, 1.82) is 0 Å². The Balaban J connectivity index is 4.80. The highest BCUT2D eigenvalue weighted by molar-refractivity contribution is 7.80. The number of hydrogen-bond acceptors (Lipinski definition) is 7. The number of unbranched alkanes of at least 4 members (excludes halogenated alkanes) is 1. The van der Waals surface area contributed by atoms with E-state index < -0.39 is 48.4 Å². The first-order valence-electron chi connectivity index (χ1n) is 8.80. The molecule has 3 atom stereocenters. The topological polar surface area (TPSA) is 177 Å². The molecule has 3 unspecified atom stereocenters. The SMILES string of the molecule is CC(C)C(NC(=O)C(CS)NC(=O)C(N)CCCCN)C(=O)NCC(=O)O. The molecule has 0 saturated heterocycles. The molecule has 11 heteroatoms. The quantitative estimate of drug-likeness (QED) is 0.140. The van der Waals surface area contributed by atoms with Gasteiger partial charge >= 0.3 is 5.97 Å². The van der Waals surface area contributed by atoms with Gasteiger partial charge in [0.2, 0.25) is 17.7 Å². The van der Waals surface area contributed by atoms with E-state index in [4.69, 9.17) is 16.6 Å². The van der Waals surface area contributed by atoms with Crippen molar-refractivity contribution in [1.82, 2.24) is 16.0 Å². The highest BCUT2D eigenvalue weighted by Gasteiger charge is 2.29. The van der Waals surface area contributed by atoms with Gasteiger partial charge in [0, 0.05) is 5.75 Å². The van der Waals surface area contributed by atoms with E-state index in [1.807, 2.05) is 0 Å². The number of thiol groups is 1. The van der Waals surface area contributed by atoms with Crippen molar-refractivity contribution < 1.29 is 24.3 Å². The van der Waals surface area contributed by atoms with E-state index in [2.05, 4.69) is 28.6 Å². The Morgan fingerprint density at radius 2 is 1.67 bits per heavy atom. The third-order valence-corrected chi connectivity index (χ3v) is 4.15. The lowest BCUT2D eigenvalue weighted by molar-refractivity contribution is -0.138. The molecule has 0 heterocycles. The van der Waals surface area contributed by atoms with Gasteiger partial charge in [0.1, 0.15) is 18.6 Å². The lowest BCUT2D eigenvalue weighted by atomic mass is 10.0. The highest BCUT2D eigenvalue weighted by atomic mass is 32.1. The fourth-order valence-electron chi connectivity index (χ4n) is 2.17. The van der Waals surface area contributed by atoms with Gasteiger partial charge in [-0.25, -0.2) is 0 Å². The second-order valence-corrected chi connectivity index (χ2v) is 6.84. The van der Waals surface area contributed by atoms with Crippen LogP contribution >= 0.6 is 12.6 Å². The molecular weight excluding hydrogens is 374 g/mol. The maximum absolute atomic E-state index is 12.4. The molecule has 0 fully saturated rings. The van der Waals surface area contributed by atoms with Crippen molar-refractivity contribution in [2.45, 2.75) is 51.2 Å². The molecule has 0 saturated carbocycles. The smallest absolute Gasteiger partial charge is 0.322 e. The largest absolute Gasteiger partial charge is 0.480 e. The normalized spacial score (nSPS) is 14.1. The number of carboxylic acid groups (broad SMARTS) is 1. The first-order valence-corrected chi connectivity index (χ1v) is 9.44. The van der Waals surface area contributed by atoms with Crippen LogP contribution in [0.4, 0.5) is 0 Å². The molecule has 8 N–H and O–H groups in total. The van der Waals surface area contributed by atoms with E-state index >= 15 is 0 Å². The number of nitrogens with one attached hydrogen (secondary N) is 3. The molecule has 0 aliphatic heterocycles. The minimum Gasteiger partial charge on any atom is -0.480 e. The average Bonchev–Trinajstić information content (AvgIpc) is 2.61. The Morgan fingerprint density at radius 3 is 2.15 bits per heavy atom. The van der Waals surface area contributed by atoms with E-state index in [0.29, 0.717) is 19.4 Å². The van der Waals surface area contributed by atoms with Crippen LogP contribution in [0.15, 0.2) is 0 Å². The van der Waals surface area contributed by atoms with E-state index in [1.165, 1.54) is 0 Å². The van der Waals surface area contributed by atoms with Gasteiger partial charge in [-0.1, -0.05) is 20.3 Å². The van der Waals surface area contributed by atoms with Gasteiger partial charge in [-0.3, -0.25) is 19.2 Å². The first-order chi connectivity index (χ1) is 12.6. The van der Waals surface area contributed by atoms with Crippen molar-refractivity contribution in [2.24, 2.45) is 17.4 Å². The van der Waals surface area contributed by atoms with Crippen LogP contribution in [0.1, 0.15) is 33.1 Å². The standard InChI is InChI=1S/C16H31N5O5S/c1-9(2)13(16(26)19-7-12(22)23)21-15(25)11(8-27)20-14(24)10(18)5-3-4-6-17/h9-11,13,27H,3-8,17-18H2,1-2H3,(H,19,26)(H,20,24)(H,21,25)(H,22,23). The average molecular weight is 406 g/mol. The number of aliphatic carboxylic acids is 1. The number of hydrogen-bond donors (Lipinski definition) is 7. The van der Waals surface area contributed by atoms with Gasteiger partial charge in [-0.2, -0.15) is 12.6 Å². The summed E-state index contributed by atoms with van der Waals surface area (Å²) < 4.78 is 0. The van der Waals surface area contributed by atoms with Gasteiger partial charge < -0.3 is 32.5 Å². The van der Waals surface area contributed by atoms with E-state index in [9.17, 15) is 19.2 Å². The number of carbonyl (C=O) groups is 4. The van der Waals surface area contributed by atoms with Crippen LogP contribution in [0.3, 0.4) is 0 Å². The van der Waals surface area contributed by atoms with Crippen LogP contribution in [0, 0.1) is 5.92 Å².